The zero-order valence-electron chi connectivity index (χ0n) is 17.5. The van der Waals surface area contributed by atoms with Crippen LogP contribution in [-0.2, 0) is 0 Å². The van der Waals surface area contributed by atoms with E-state index in [1.54, 1.807) is 24.3 Å². The number of fused-ring (bicyclic) bond motifs is 1. The van der Waals surface area contributed by atoms with Crippen LogP contribution in [0, 0.1) is 10.1 Å². The van der Waals surface area contributed by atoms with Gasteiger partial charge in [0.15, 0.2) is 5.58 Å². The lowest BCUT2D eigenvalue weighted by molar-refractivity contribution is -0.384. The summed E-state index contributed by atoms with van der Waals surface area (Å²) >= 11 is 6.04. The summed E-state index contributed by atoms with van der Waals surface area (Å²) in [6.45, 7) is 4.33. The van der Waals surface area contributed by atoms with Crippen LogP contribution < -0.4 is 5.32 Å². The minimum Gasteiger partial charge on any atom is -0.436 e. The highest BCUT2D eigenvalue weighted by Crippen LogP contribution is 2.29. The Morgan fingerprint density at radius 2 is 1.91 bits per heavy atom. The standard InChI is InChI=1S/C24H20ClN3O4/c1-3-14(2)16-6-11-22-21(12-16)27-24(32-22)15-4-7-17(8-5-15)26-23(29)19-13-18(28(30)31)9-10-20(19)25/h4-14H,3H2,1-2H3,(H,26,29)/t14-/m0/s1. The second kappa shape index (κ2) is 8.80. The molecule has 1 heterocycles. The number of anilines is 1. The summed E-state index contributed by atoms with van der Waals surface area (Å²) in [6, 6.07) is 16.8. The minimum absolute atomic E-state index is 0.0287. The summed E-state index contributed by atoms with van der Waals surface area (Å²) in [7, 11) is 0. The fourth-order valence-electron chi connectivity index (χ4n) is 3.31. The Labute approximate surface area is 189 Å². The van der Waals surface area contributed by atoms with Gasteiger partial charge >= 0.3 is 0 Å². The van der Waals surface area contributed by atoms with Gasteiger partial charge in [0.2, 0.25) is 5.89 Å². The van der Waals surface area contributed by atoms with Gasteiger partial charge in [0.25, 0.3) is 11.6 Å². The van der Waals surface area contributed by atoms with E-state index in [1.165, 1.54) is 17.7 Å². The van der Waals surface area contributed by atoms with Crippen LogP contribution in [-0.4, -0.2) is 15.8 Å². The molecule has 1 aromatic heterocycles. The van der Waals surface area contributed by atoms with Crippen LogP contribution in [0.5, 0.6) is 0 Å². The number of halogens is 1. The van der Waals surface area contributed by atoms with Crippen LogP contribution in [0.25, 0.3) is 22.6 Å². The fraction of sp³-hybridized carbons (Fsp3) is 0.167. The molecule has 3 aromatic carbocycles. The van der Waals surface area contributed by atoms with Crippen molar-refractivity contribution in [1.82, 2.24) is 4.98 Å². The van der Waals surface area contributed by atoms with Gasteiger partial charge in [-0.2, -0.15) is 0 Å². The van der Waals surface area contributed by atoms with Gasteiger partial charge in [0, 0.05) is 23.4 Å². The predicted molar refractivity (Wildman–Crippen MR) is 124 cm³/mol. The molecule has 8 heteroatoms. The largest absolute Gasteiger partial charge is 0.436 e. The number of hydrogen-bond donors (Lipinski definition) is 1. The van der Waals surface area contributed by atoms with Gasteiger partial charge in [-0.25, -0.2) is 4.98 Å². The molecule has 0 bridgehead atoms. The van der Waals surface area contributed by atoms with E-state index in [4.69, 9.17) is 16.0 Å². The van der Waals surface area contributed by atoms with Gasteiger partial charge < -0.3 is 9.73 Å². The van der Waals surface area contributed by atoms with Gasteiger partial charge in [-0.05, 0) is 60.4 Å². The third-order valence-corrected chi connectivity index (χ3v) is 5.72. The SMILES string of the molecule is CC[C@H](C)c1ccc2oc(-c3ccc(NC(=O)c4cc([N+](=O)[O-])ccc4Cl)cc3)nc2c1. The van der Waals surface area contributed by atoms with E-state index in [1.807, 2.05) is 12.1 Å². The number of oxazole rings is 1. The Balaban J connectivity index is 1.54. The number of carbonyl (C=O) groups excluding carboxylic acids is 1. The maximum atomic E-state index is 12.5. The molecule has 1 N–H and O–H groups in total. The number of non-ortho nitro benzene ring substituents is 1. The van der Waals surface area contributed by atoms with Crippen molar-refractivity contribution in [2.45, 2.75) is 26.2 Å². The quantitative estimate of drug-likeness (QED) is 0.257. The van der Waals surface area contributed by atoms with Crippen LogP contribution in [0.4, 0.5) is 11.4 Å². The molecule has 0 fully saturated rings. The van der Waals surface area contributed by atoms with E-state index < -0.39 is 10.8 Å². The molecule has 0 aliphatic carbocycles. The molecule has 1 amide bonds. The van der Waals surface area contributed by atoms with Crippen molar-refractivity contribution in [3.8, 4) is 11.5 Å². The Morgan fingerprint density at radius 1 is 1.16 bits per heavy atom. The summed E-state index contributed by atoms with van der Waals surface area (Å²) in [4.78, 5) is 27.5. The number of hydrogen-bond acceptors (Lipinski definition) is 5. The first-order valence-electron chi connectivity index (χ1n) is 10.1. The number of nitrogens with one attached hydrogen (secondary N) is 1. The molecule has 0 spiro atoms. The summed E-state index contributed by atoms with van der Waals surface area (Å²) < 4.78 is 5.88. The lowest BCUT2D eigenvalue weighted by Crippen LogP contribution is -2.12. The normalized spacial score (nSPS) is 12.0. The highest BCUT2D eigenvalue weighted by Gasteiger charge is 2.16. The first-order valence-corrected chi connectivity index (χ1v) is 10.5. The first-order chi connectivity index (χ1) is 15.4. The average Bonchev–Trinajstić information content (AvgIpc) is 3.22. The fourth-order valence-corrected chi connectivity index (χ4v) is 3.51. The van der Waals surface area contributed by atoms with E-state index in [9.17, 15) is 14.9 Å². The van der Waals surface area contributed by atoms with Gasteiger partial charge in [0.1, 0.15) is 5.52 Å². The van der Waals surface area contributed by atoms with E-state index >= 15 is 0 Å². The number of aromatic nitrogens is 1. The molecule has 0 aliphatic rings. The Hall–Kier alpha value is -3.71. The van der Waals surface area contributed by atoms with Crippen molar-refractivity contribution in [2.24, 2.45) is 0 Å². The number of nitro groups is 1. The molecular weight excluding hydrogens is 430 g/mol. The van der Waals surface area contributed by atoms with Crippen LogP contribution in [0.2, 0.25) is 5.02 Å². The molecule has 0 aliphatic heterocycles. The summed E-state index contributed by atoms with van der Waals surface area (Å²) in [5.41, 5.74) is 3.83. The lowest BCUT2D eigenvalue weighted by atomic mass is 9.98. The molecule has 1 atom stereocenters. The number of amides is 1. The third-order valence-electron chi connectivity index (χ3n) is 5.39. The molecule has 0 saturated heterocycles. The average molecular weight is 450 g/mol. The number of nitrogens with zero attached hydrogens (tertiary/aromatic N) is 2. The molecule has 7 nitrogen and oxygen atoms in total. The maximum absolute atomic E-state index is 12.5. The minimum atomic E-state index is -0.575. The molecule has 0 unspecified atom stereocenters. The van der Waals surface area contributed by atoms with Crippen molar-refractivity contribution in [2.75, 3.05) is 5.32 Å². The molecular formula is C24H20ClN3O4. The second-order valence-electron chi connectivity index (χ2n) is 7.51. The second-order valence-corrected chi connectivity index (χ2v) is 7.92. The predicted octanol–water partition coefficient (Wildman–Crippen LogP) is 6.82. The highest BCUT2D eigenvalue weighted by molar-refractivity contribution is 6.34. The monoisotopic (exact) mass is 449 g/mol. The lowest BCUT2D eigenvalue weighted by Gasteiger charge is -2.07. The Kier molecular flexibility index (Phi) is 5.92. The zero-order chi connectivity index (χ0) is 22.8. The van der Waals surface area contributed by atoms with Crippen LogP contribution in [0.3, 0.4) is 0 Å². The van der Waals surface area contributed by atoms with E-state index in [2.05, 4.69) is 30.2 Å². The summed E-state index contributed by atoms with van der Waals surface area (Å²) in [6.07, 6.45) is 1.05. The Morgan fingerprint density at radius 3 is 2.59 bits per heavy atom. The van der Waals surface area contributed by atoms with Gasteiger partial charge in [-0.15, -0.1) is 0 Å². The molecule has 4 aromatic rings. The Bertz CT molecular complexity index is 1310. The van der Waals surface area contributed by atoms with Crippen molar-refractivity contribution in [3.05, 3.63) is 86.9 Å². The van der Waals surface area contributed by atoms with E-state index in [0.29, 0.717) is 23.1 Å². The van der Waals surface area contributed by atoms with Crippen molar-refractivity contribution in [3.63, 3.8) is 0 Å². The van der Waals surface area contributed by atoms with Gasteiger partial charge in [-0.3, -0.25) is 14.9 Å². The summed E-state index contributed by atoms with van der Waals surface area (Å²) in [5.74, 6) is 0.397. The van der Waals surface area contributed by atoms with Gasteiger partial charge in [-0.1, -0.05) is 31.5 Å². The smallest absolute Gasteiger partial charge is 0.270 e. The van der Waals surface area contributed by atoms with Crippen molar-refractivity contribution >= 4 is 40.0 Å². The number of rotatable bonds is 6. The number of benzene rings is 3. The number of nitro benzene ring substituents is 1. The van der Waals surface area contributed by atoms with Crippen molar-refractivity contribution < 1.29 is 14.1 Å². The topological polar surface area (TPSA) is 98.3 Å². The maximum Gasteiger partial charge on any atom is 0.270 e. The van der Waals surface area contributed by atoms with E-state index in [0.717, 1.165) is 23.6 Å². The molecule has 0 radical (unpaired) electrons. The first kappa shape index (κ1) is 21.5. The molecule has 4 rings (SSSR count). The van der Waals surface area contributed by atoms with Crippen LogP contribution >= 0.6 is 11.6 Å². The van der Waals surface area contributed by atoms with Crippen LogP contribution in [0.1, 0.15) is 42.1 Å². The highest BCUT2D eigenvalue weighted by atomic mass is 35.5. The van der Waals surface area contributed by atoms with E-state index in [-0.39, 0.29) is 16.3 Å². The van der Waals surface area contributed by atoms with Gasteiger partial charge in [0.05, 0.1) is 15.5 Å². The van der Waals surface area contributed by atoms with Crippen LogP contribution in [0.15, 0.2) is 65.1 Å². The molecule has 0 saturated carbocycles. The zero-order valence-corrected chi connectivity index (χ0v) is 18.2. The van der Waals surface area contributed by atoms with Crippen molar-refractivity contribution in [1.29, 1.82) is 0 Å². The summed E-state index contributed by atoms with van der Waals surface area (Å²) in [5, 5.41) is 13.8. The number of carbonyl (C=O) groups is 1. The third kappa shape index (κ3) is 4.33. The molecule has 32 heavy (non-hydrogen) atoms. The molecule has 162 valence electrons.